The van der Waals surface area contributed by atoms with Crippen LogP contribution in [0.15, 0.2) is 42.6 Å². The molecule has 170 valence electrons. The molecule has 2 aromatic rings. The van der Waals surface area contributed by atoms with Gasteiger partial charge in [0.05, 0.1) is 17.3 Å². The molecule has 1 aromatic carbocycles. The highest BCUT2D eigenvalue weighted by atomic mass is 16.2. The highest BCUT2D eigenvalue weighted by Gasteiger charge is 2.53. The number of aromatic nitrogens is 1. The Morgan fingerprint density at radius 2 is 1.56 bits per heavy atom. The highest BCUT2D eigenvalue weighted by Crippen LogP contribution is 2.49. The number of carbonyl (C=O) groups is 1. The van der Waals surface area contributed by atoms with Gasteiger partial charge in [-0.25, -0.2) is 4.98 Å². The summed E-state index contributed by atoms with van der Waals surface area (Å²) in [5.41, 5.74) is 8.49. The van der Waals surface area contributed by atoms with Crippen LogP contribution in [0.4, 0.5) is 17.2 Å². The van der Waals surface area contributed by atoms with E-state index in [9.17, 15) is 4.79 Å². The van der Waals surface area contributed by atoms with E-state index in [0.29, 0.717) is 5.82 Å². The Kier molecular flexibility index (Phi) is 5.94. The molecular weight excluding hydrogens is 398 g/mol. The van der Waals surface area contributed by atoms with Crippen molar-refractivity contribution >= 4 is 23.1 Å². The van der Waals surface area contributed by atoms with Crippen molar-refractivity contribution in [2.45, 2.75) is 75.9 Å². The second kappa shape index (κ2) is 9.00. The summed E-state index contributed by atoms with van der Waals surface area (Å²) in [6.45, 7) is 0. The van der Waals surface area contributed by atoms with Gasteiger partial charge in [-0.05, 0) is 55.9 Å². The highest BCUT2D eigenvalue weighted by molar-refractivity contribution is 5.87. The lowest BCUT2D eigenvalue weighted by Crippen LogP contribution is -2.57. The lowest BCUT2D eigenvalue weighted by atomic mass is 9.71. The van der Waals surface area contributed by atoms with Crippen LogP contribution >= 0.6 is 0 Å². The number of pyridine rings is 1. The van der Waals surface area contributed by atoms with E-state index in [-0.39, 0.29) is 23.8 Å². The molecule has 32 heavy (non-hydrogen) atoms. The number of para-hydroxylation sites is 2. The number of amides is 1. The van der Waals surface area contributed by atoms with Gasteiger partial charge in [0.25, 0.3) is 0 Å². The smallest absolute Gasteiger partial charge is 0.228 e. The van der Waals surface area contributed by atoms with Gasteiger partial charge in [-0.2, -0.15) is 0 Å². The molecular formula is C26H35N5O. The minimum absolute atomic E-state index is 0.139. The first-order valence-electron chi connectivity index (χ1n) is 12.3. The summed E-state index contributed by atoms with van der Waals surface area (Å²) in [5, 5.41) is 10.9. The van der Waals surface area contributed by atoms with Gasteiger partial charge in [0.15, 0.2) is 5.66 Å². The average Bonchev–Trinajstić information content (AvgIpc) is 3.20. The van der Waals surface area contributed by atoms with Crippen LogP contribution in [0.2, 0.25) is 0 Å². The maximum atomic E-state index is 14.1. The average molecular weight is 434 g/mol. The van der Waals surface area contributed by atoms with Gasteiger partial charge in [-0.1, -0.05) is 50.7 Å². The molecule has 1 amide bonds. The Labute approximate surface area is 190 Å². The van der Waals surface area contributed by atoms with Crippen molar-refractivity contribution < 1.29 is 4.79 Å². The molecule has 6 nitrogen and oxygen atoms in total. The number of nitrogens with zero attached hydrogens (tertiary/aromatic N) is 1. The fourth-order valence-electron chi connectivity index (χ4n) is 6.14. The Morgan fingerprint density at radius 1 is 0.938 bits per heavy atom. The molecule has 2 saturated carbocycles. The lowest BCUT2D eigenvalue weighted by molar-refractivity contribution is -0.130. The zero-order valence-corrected chi connectivity index (χ0v) is 18.8. The summed E-state index contributed by atoms with van der Waals surface area (Å²) in [5.74, 6) is 0.594. The SMILES string of the molecule is Nc1ncccc1C1(C(C(=O)NC2CCCCC2)C2CCCCC2)Nc2ccccc2N1. The van der Waals surface area contributed by atoms with Crippen LogP contribution in [0.1, 0.15) is 69.8 Å². The largest absolute Gasteiger partial charge is 0.383 e. The zero-order valence-electron chi connectivity index (χ0n) is 18.8. The quantitative estimate of drug-likeness (QED) is 0.533. The van der Waals surface area contributed by atoms with Crippen molar-refractivity contribution in [3.05, 3.63) is 48.2 Å². The van der Waals surface area contributed by atoms with Gasteiger partial charge in [0.2, 0.25) is 5.91 Å². The number of hydrogen-bond acceptors (Lipinski definition) is 5. The van der Waals surface area contributed by atoms with Crippen molar-refractivity contribution in [1.29, 1.82) is 0 Å². The second-order valence-corrected chi connectivity index (χ2v) is 9.76. The number of nitrogen functional groups attached to an aromatic ring is 1. The van der Waals surface area contributed by atoms with E-state index < -0.39 is 5.66 Å². The molecule has 2 fully saturated rings. The molecule has 5 rings (SSSR count). The second-order valence-electron chi connectivity index (χ2n) is 9.76. The number of benzene rings is 1. The fourth-order valence-corrected chi connectivity index (χ4v) is 6.14. The van der Waals surface area contributed by atoms with Crippen LogP contribution in [0.25, 0.3) is 0 Å². The van der Waals surface area contributed by atoms with Crippen LogP contribution < -0.4 is 21.7 Å². The third-order valence-electron chi connectivity index (χ3n) is 7.68. The number of rotatable bonds is 5. The van der Waals surface area contributed by atoms with Crippen molar-refractivity contribution in [2.24, 2.45) is 11.8 Å². The molecule has 3 aliphatic rings. The monoisotopic (exact) mass is 433 g/mol. The molecule has 1 atom stereocenters. The number of fused-ring (bicyclic) bond motifs is 1. The molecule has 5 N–H and O–H groups in total. The Balaban J connectivity index is 1.58. The van der Waals surface area contributed by atoms with Gasteiger partial charge in [-0.3, -0.25) is 4.79 Å². The summed E-state index contributed by atoms with van der Waals surface area (Å²) in [6.07, 6.45) is 13.2. The van der Waals surface area contributed by atoms with E-state index in [0.717, 1.165) is 42.6 Å². The third-order valence-corrected chi connectivity index (χ3v) is 7.68. The summed E-state index contributed by atoms with van der Waals surface area (Å²) in [7, 11) is 0. The van der Waals surface area contributed by atoms with Gasteiger partial charge in [0.1, 0.15) is 5.82 Å². The summed E-state index contributed by atoms with van der Waals surface area (Å²) < 4.78 is 0. The van der Waals surface area contributed by atoms with Crippen LogP contribution in [0, 0.1) is 11.8 Å². The Bertz CT molecular complexity index is 924. The van der Waals surface area contributed by atoms with Crippen molar-refractivity contribution in [1.82, 2.24) is 10.3 Å². The van der Waals surface area contributed by atoms with Crippen molar-refractivity contribution in [3.63, 3.8) is 0 Å². The van der Waals surface area contributed by atoms with Crippen molar-refractivity contribution in [2.75, 3.05) is 16.4 Å². The molecule has 0 saturated heterocycles. The molecule has 6 heteroatoms. The first-order valence-corrected chi connectivity index (χ1v) is 12.3. The number of nitrogens with two attached hydrogens (primary N) is 1. The molecule has 1 aliphatic heterocycles. The maximum Gasteiger partial charge on any atom is 0.228 e. The lowest BCUT2D eigenvalue weighted by Gasteiger charge is -2.44. The molecule has 1 unspecified atom stereocenters. The van der Waals surface area contributed by atoms with Crippen molar-refractivity contribution in [3.8, 4) is 0 Å². The van der Waals surface area contributed by atoms with Crippen LogP contribution in [0.5, 0.6) is 0 Å². The van der Waals surface area contributed by atoms with Crippen LogP contribution in [-0.2, 0) is 10.5 Å². The molecule has 2 aliphatic carbocycles. The van der Waals surface area contributed by atoms with E-state index in [1.54, 1.807) is 6.20 Å². The number of carbonyl (C=O) groups excluding carboxylic acids is 1. The number of nitrogens with one attached hydrogen (secondary N) is 3. The predicted octanol–water partition coefficient (Wildman–Crippen LogP) is 5.00. The van der Waals surface area contributed by atoms with Gasteiger partial charge in [-0.15, -0.1) is 0 Å². The summed E-state index contributed by atoms with van der Waals surface area (Å²) >= 11 is 0. The Morgan fingerprint density at radius 3 is 2.19 bits per heavy atom. The predicted molar refractivity (Wildman–Crippen MR) is 129 cm³/mol. The van der Waals surface area contributed by atoms with Crippen LogP contribution in [0.3, 0.4) is 0 Å². The van der Waals surface area contributed by atoms with Crippen LogP contribution in [-0.4, -0.2) is 16.9 Å². The molecule has 1 aromatic heterocycles. The van der Waals surface area contributed by atoms with Gasteiger partial charge < -0.3 is 21.7 Å². The molecule has 2 heterocycles. The maximum absolute atomic E-state index is 14.1. The minimum Gasteiger partial charge on any atom is -0.383 e. The van der Waals surface area contributed by atoms with E-state index in [1.807, 2.05) is 24.3 Å². The minimum atomic E-state index is -0.817. The van der Waals surface area contributed by atoms with Gasteiger partial charge in [0, 0.05) is 17.8 Å². The standard InChI is InChI=1S/C26H35N5O/c27-24-20(14-9-17-28-24)26(30-21-15-7-8-16-22(21)31-26)23(18-10-3-1-4-11-18)25(32)29-19-12-5-2-6-13-19/h7-9,14-19,23,30-31H,1-6,10-13H2,(H2,27,28)(H,29,32). The molecule has 0 bridgehead atoms. The normalized spacial score (nSPS) is 21.8. The third kappa shape index (κ3) is 3.91. The van der Waals surface area contributed by atoms with E-state index >= 15 is 0 Å². The van der Waals surface area contributed by atoms with Gasteiger partial charge >= 0.3 is 0 Å². The zero-order chi connectivity index (χ0) is 22.0. The number of anilines is 3. The first kappa shape index (κ1) is 21.1. The molecule has 0 spiro atoms. The Hall–Kier alpha value is -2.76. The van der Waals surface area contributed by atoms with E-state index in [2.05, 4.69) is 33.1 Å². The van der Waals surface area contributed by atoms with E-state index in [4.69, 9.17) is 5.73 Å². The number of hydrogen-bond donors (Lipinski definition) is 4. The molecule has 0 radical (unpaired) electrons. The van der Waals surface area contributed by atoms with E-state index in [1.165, 1.54) is 38.5 Å². The summed E-state index contributed by atoms with van der Waals surface area (Å²) in [4.78, 5) is 18.5. The summed E-state index contributed by atoms with van der Waals surface area (Å²) in [6, 6.07) is 12.4. The first-order chi connectivity index (χ1) is 15.7. The topological polar surface area (TPSA) is 92.1 Å². The fraction of sp³-hybridized carbons (Fsp3) is 0.538.